The molecule has 0 atom stereocenters. The maximum absolute atomic E-state index is 12.6. The van der Waals surface area contributed by atoms with Crippen molar-refractivity contribution in [1.82, 2.24) is 4.98 Å². The van der Waals surface area contributed by atoms with Crippen molar-refractivity contribution < 1.29 is 23.9 Å². The summed E-state index contributed by atoms with van der Waals surface area (Å²) in [5, 5.41) is 0. The van der Waals surface area contributed by atoms with Crippen LogP contribution < -0.4 is 0 Å². The normalized spacial score (nSPS) is 12.6. The highest BCUT2D eigenvalue weighted by Crippen LogP contribution is 2.23. The van der Waals surface area contributed by atoms with Crippen LogP contribution in [0.25, 0.3) is 0 Å². The monoisotopic (exact) mass is 369 g/mol. The van der Waals surface area contributed by atoms with E-state index in [2.05, 4.69) is 4.98 Å². The molecule has 0 saturated heterocycles. The lowest BCUT2D eigenvalue weighted by Gasteiger charge is -2.07. The molecular weight excluding hydrogens is 346 g/mol. The van der Waals surface area contributed by atoms with Crippen LogP contribution in [0.2, 0.25) is 0 Å². The fraction of sp³-hybridized carbons (Fsp3) is 0.381. The van der Waals surface area contributed by atoms with Gasteiger partial charge in [-0.2, -0.15) is 0 Å². The Morgan fingerprint density at radius 2 is 1.78 bits per heavy atom. The quantitative estimate of drug-likeness (QED) is 0.623. The fourth-order valence-corrected chi connectivity index (χ4v) is 3.56. The summed E-state index contributed by atoms with van der Waals surface area (Å²) < 4.78 is 10.2. The zero-order valence-electron chi connectivity index (χ0n) is 15.8. The van der Waals surface area contributed by atoms with E-state index in [-0.39, 0.29) is 24.7 Å². The van der Waals surface area contributed by atoms with Crippen LogP contribution in [0.5, 0.6) is 0 Å². The predicted molar refractivity (Wildman–Crippen MR) is 99.3 cm³/mol. The number of H-pyrrole nitrogens is 1. The Balaban J connectivity index is 1.69. The van der Waals surface area contributed by atoms with Crippen molar-refractivity contribution in [3.8, 4) is 0 Å². The standard InChI is InChI=1S/C21H23NO5/c1-4-26-21(25)19-12(2)18(13(3)22-19)17(23)11-27-20(24)16-9-8-14-6-5-7-15(14)10-16/h8-10,22H,4-7,11H2,1-3H3. The Hall–Kier alpha value is -2.89. The molecule has 3 rings (SSSR count). The smallest absolute Gasteiger partial charge is 0.355 e. The van der Waals surface area contributed by atoms with Crippen molar-refractivity contribution in [3.63, 3.8) is 0 Å². The molecule has 2 aromatic rings. The zero-order valence-corrected chi connectivity index (χ0v) is 15.8. The van der Waals surface area contributed by atoms with Gasteiger partial charge in [-0.1, -0.05) is 6.07 Å². The Morgan fingerprint density at radius 3 is 2.52 bits per heavy atom. The third-order valence-electron chi connectivity index (χ3n) is 4.86. The van der Waals surface area contributed by atoms with Crippen molar-refractivity contribution in [2.24, 2.45) is 0 Å². The molecule has 1 aliphatic carbocycles. The maximum Gasteiger partial charge on any atom is 0.355 e. The lowest BCUT2D eigenvalue weighted by molar-refractivity contribution is 0.0473. The van der Waals surface area contributed by atoms with Crippen LogP contribution in [0.15, 0.2) is 18.2 Å². The van der Waals surface area contributed by atoms with Gasteiger partial charge in [-0.3, -0.25) is 4.79 Å². The molecule has 0 radical (unpaired) electrons. The highest BCUT2D eigenvalue weighted by molar-refractivity contribution is 6.04. The molecule has 1 aliphatic rings. The molecule has 0 bridgehead atoms. The van der Waals surface area contributed by atoms with E-state index in [1.165, 1.54) is 11.1 Å². The fourth-order valence-electron chi connectivity index (χ4n) is 3.56. The number of fused-ring (bicyclic) bond motifs is 1. The molecule has 142 valence electrons. The topological polar surface area (TPSA) is 85.5 Å². The van der Waals surface area contributed by atoms with E-state index in [9.17, 15) is 14.4 Å². The maximum atomic E-state index is 12.6. The first kappa shape index (κ1) is 18.9. The lowest BCUT2D eigenvalue weighted by atomic mass is 10.1. The second kappa shape index (κ2) is 7.78. The van der Waals surface area contributed by atoms with Gasteiger partial charge in [0.15, 0.2) is 6.61 Å². The SMILES string of the molecule is CCOC(=O)c1[nH]c(C)c(C(=O)COC(=O)c2ccc3c(c2)CCC3)c1C. The number of aromatic nitrogens is 1. The van der Waals surface area contributed by atoms with Gasteiger partial charge < -0.3 is 14.5 Å². The third kappa shape index (κ3) is 3.79. The average Bonchev–Trinajstić information content (AvgIpc) is 3.23. The lowest BCUT2D eigenvalue weighted by Crippen LogP contribution is -2.16. The molecule has 0 spiro atoms. The molecule has 0 unspecified atom stereocenters. The first-order valence-corrected chi connectivity index (χ1v) is 9.10. The summed E-state index contributed by atoms with van der Waals surface area (Å²) in [6.45, 7) is 4.96. The molecule has 1 aromatic carbocycles. The van der Waals surface area contributed by atoms with Crippen molar-refractivity contribution >= 4 is 17.7 Å². The van der Waals surface area contributed by atoms with E-state index >= 15 is 0 Å². The zero-order chi connectivity index (χ0) is 19.6. The number of Topliss-reactive ketones (excluding diaryl/α,β-unsaturated/α-hetero) is 1. The number of aryl methyl sites for hydroxylation is 3. The van der Waals surface area contributed by atoms with Gasteiger partial charge in [-0.25, -0.2) is 9.59 Å². The molecule has 27 heavy (non-hydrogen) atoms. The van der Waals surface area contributed by atoms with Gasteiger partial charge in [0.2, 0.25) is 5.78 Å². The number of ether oxygens (including phenoxy) is 2. The number of rotatable bonds is 6. The summed E-state index contributed by atoms with van der Waals surface area (Å²) >= 11 is 0. The number of carbonyl (C=O) groups is 3. The number of benzene rings is 1. The van der Waals surface area contributed by atoms with E-state index in [0.29, 0.717) is 22.4 Å². The van der Waals surface area contributed by atoms with Crippen molar-refractivity contribution in [2.75, 3.05) is 13.2 Å². The van der Waals surface area contributed by atoms with Crippen LogP contribution in [0.1, 0.15) is 66.9 Å². The molecule has 0 aliphatic heterocycles. The van der Waals surface area contributed by atoms with Gasteiger partial charge in [0.25, 0.3) is 0 Å². The van der Waals surface area contributed by atoms with Crippen LogP contribution in [-0.4, -0.2) is 35.9 Å². The summed E-state index contributed by atoms with van der Waals surface area (Å²) in [6.07, 6.45) is 3.10. The molecule has 1 aromatic heterocycles. The molecule has 6 nitrogen and oxygen atoms in total. The van der Waals surface area contributed by atoms with Gasteiger partial charge in [0.05, 0.1) is 12.2 Å². The number of carbonyl (C=O) groups excluding carboxylic acids is 3. The molecule has 0 fully saturated rings. The Bertz CT molecular complexity index is 910. The first-order chi connectivity index (χ1) is 12.9. The molecule has 6 heteroatoms. The van der Waals surface area contributed by atoms with E-state index in [0.717, 1.165) is 19.3 Å². The van der Waals surface area contributed by atoms with Crippen molar-refractivity contribution in [1.29, 1.82) is 0 Å². The minimum Gasteiger partial charge on any atom is -0.461 e. The van der Waals surface area contributed by atoms with Gasteiger partial charge >= 0.3 is 11.9 Å². The highest BCUT2D eigenvalue weighted by Gasteiger charge is 2.24. The summed E-state index contributed by atoms with van der Waals surface area (Å²) in [5.74, 6) is -1.38. The number of nitrogens with one attached hydrogen (secondary N) is 1. The molecule has 1 heterocycles. The van der Waals surface area contributed by atoms with Crippen LogP contribution in [-0.2, 0) is 22.3 Å². The van der Waals surface area contributed by atoms with Crippen LogP contribution in [0, 0.1) is 13.8 Å². The van der Waals surface area contributed by atoms with Gasteiger partial charge in [0.1, 0.15) is 5.69 Å². The van der Waals surface area contributed by atoms with Crippen LogP contribution >= 0.6 is 0 Å². The van der Waals surface area contributed by atoms with Crippen molar-refractivity contribution in [2.45, 2.75) is 40.0 Å². The Labute approximate surface area is 157 Å². The molecular formula is C21H23NO5. The minimum atomic E-state index is -0.519. The minimum absolute atomic E-state index is 0.248. The second-order valence-electron chi connectivity index (χ2n) is 6.68. The average molecular weight is 369 g/mol. The summed E-state index contributed by atoms with van der Waals surface area (Å²) in [5.41, 5.74) is 4.57. The largest absolute Gasteiger partial charge is 0.461 e. The molecule has 0 saturated carbocycles. The van der Waals surface area contributed by atoms with Gasteiger partial charge in [0, 0.05) is 11.3 Å². The highest BCUT2D eigenvalue weighted by atomic mass is 16.5. The first-order valence-electron chi connectivity index (χ1n) is 9.10. The van der Waals surface area contributed by atoms with E-state index in [1.807, 2.05) is 12.1 Å². The number of hydrogen-bond acceptors (Lipinski definition) is 5. The van der Waals surface area contributed by atoms with Gasteiger partial charge in [-0.15, -0.1) is 0 Å². The third-order valence-corrected chi connectivity index (χ3v) is 4.86. The Morgan fingerprint density at radius 1 is 1.04 bits per heavy atom. The van der Waals surface area contributed by atoms with E-state index < -0.39 is 11.9 Å². The van der Waals surface area contributed by atoms with Crippen LogP contribution in [0.3, 0.4) is 0 Å². The number of aromatic amines is 1. The molecule has 0 amide bonds. The number of esters is 2. The Kier molecular flexibility index (Phi) is 5.44. The van der Waals surface area contributed by atoms with Gasteiger partial charge in [-0.05, 0) is 68.9 Å². The van der Waals surface area contributed by atoms with Crippen molar-refractivity contribution in [3.05, 3.63) is 57.4 Å². The van der Waals surface area contributed by atoms with E-state index in [4.69, 9.17) is 9.47 Å². The second-order valence-corrected chi connectivity index (χ2v) is 6.68. The summed E-state index contributed by atoms with van der Waals surface area (Å²) in [4.78, 5) is 39.7. The predicted octanol–water partition coefficient (Wildman–Crippen LogP) is 3.34. The van der Waals surface area contributed by atoms with E-state index in [1.54, 1.807) is 26.8 Å². The number of ketones is 1. The summed E-state index contributed by atoms with van der Waals surface area (Å²) in [6, 6.07) is 5.54. The summed E-state index contributed by atoms with van der Waals surface area (Å²) in [7, 11) is 0. The molecule has 1 N–H and O–H groups in total. The van der Waals surface area contributed by atoms with Crippen LogP contribution in [0.4, 0.5) is 0 Å². The number of hydrogen-bond donors (Lipinski definition) is 1.